The summed E-state index contributed by atoms with van der Waals surface area (Å²) >= 11 is 0. The van der Waals surface area contributed by atoms with Crippen molar-refractivity contribution in [3.05, 3.63) is 72.0 Å². The first kappa shape index (κ1) is 27.0. The first-order valence-corrected chi connectivity index (χ1v) is 13.8. The number of para-hydroxylation sites is 1. The summed E-state index contributed by atoms with van der Waals surface area (Å²) in [6.45, 7) is 9.67. The van der Waals surface area contributed by atoms with Crippen molar-refractivity contribution in [2.75, 3.05) is 0 Å². The van der Waals surface area contributed by atoms with Gasteiger partial charge in [-0.2, -0.15) is 0 Å². The number of carbonyl (C=O) groups is 4. The van der Waals surface area contributed by atoms with Gasteiger partial charge in [-0.3, -0.25) is 19.2 Å². The van der Waals surface area contributed by atoms with Crippen LogP contribution in [-0.4, -0.2) is 45.5 Å². The Morgan fingerprint density at radius 2 is 1.85 bits per heavy atom. The van der Waals surface area contributed by atoms with Crippen LogP contribution in [0.1, 0.15) is 45.6 Å². The van der Waals surface area contributed by atoms with Gasteiger partial charge < -0.3 is 15.4 Å². The highest BCUT2D eigenvalue weighted by atomic mass is 16.3. The Morgan fingerprint density at radius 1 is 1.10 bits per heavy atom. The molecule has 2 fully saturated rings. The van der Waals surface area contributed by atoms with Gasteiger partial charge in [0.1, 0.15) is 11.2 Å². The fourth-order valence-corrected chi connectivity index (χ4v) is 7.19. The van der Waals surface area contributed by atoms with Crippen molar-refractivity contribution < 1.29 is 24.3 Å². The molecule has 2 aliphatic carbocycles. The molecule has 1 aliphatic heterocycles. The van der Waals surface area contributed by atoms with E-state index in [1.807, 2.05) is 50.4 Å². The molecule has 1 saturated carbocycles. The molecule has 0 radical (unpaired) electrons. The third kappa shape index (κ3) is 4.33. The molecule has 2 heterocycles. The third-order valence-corrected chi connectivity index (χ3v) is 9.17. The second-order valence-corrected chi connectivity index (χ2v) is 11.5. The Bertz CT molecular complexity index is 1430. The Labute approximate surface area is 228 Å². The van der Waals surface area contributed by atoms with E-state index in [2.05, 4.69) is 16.9 Å². The maximum Gasteiger partial charge on any atom is 0.235 e. The second kappa shape index (κ2) is 10.2. The summed E-state index contributed by atoms with van der Waals surface area (Å²) in [5.41, 5.74) is 1.40. The minimum absolute atomic E-state index is 0.0453. The number of allylic oxidation sites excluding steroid dienone is 3. The molecule has 0 bridgehead atoms. The number of aliphatic hydroxyl groups excluding tert-OH is 1. The summed E-state index contributed by atoms with van der Waals surface area (Å²) in [6.07, 6.45) is 6.79. The molecule has 3 N–H and O–H groups in total. The maximum atomic E-state index is 14.2. The van der Waals surface area contributed by atoms with Crippen LogP contribution in [0.4, 0.5) is 0 Å². The number of ketones is 3. The molecule has 3 aliphatic rings. The number of Topliss-reactive ketones (excluding diaryl/α,β-unsaturated/α-hetero) is 3. The van der Waals surface area contributed by atoms with Crippen molar-refractivity contribution in [3.63, 3.8) is 0 Å². The molecule has 39 heavy (non-hydrogen) atoms. The molecule has 1 spiro atoms. The summed E-state index contributed by atoms with van der Waals surface area (Å²) in [5, 5.41) is 15.6. The molecule has 5 rings (SSSR count). The SMILES string of the molecule is C=C1[C@@H](C)[C@H]2[C@H](Cc3c[nH]c4ccccc34)NC(=O)[C@]23C(=O)CCC(=O)C(=O)/C(C)=C/[C@@H](C)C/C=C/[C@H]3[C@@H]1O. The number of hydrogen-bond donors (Lipinski definition) is 3. The monoisotopic (exact) mass is 528 g/mol. The van der Waals surface area contributed by atoms with E-state index in [9.17, 15) is 24.3 Å². The Morgan fingerprint density at radius 3 is 2.62 bits per heavy atom. The van der Waals surface area contributed by atoms with Crippen LogP contribution in [-0.2, 0) is 25.6 Å². The molecule has 2 aromatic rings. The van der Waals surface area contributed by atoms with Crippen LogP contribution in [0.25, 0.3) is 10.9 Å². The number of aromatic amines is 1. The molecule has 7 heteroatoms. The predicted octanol–water partition coefficient (Wildman–Crippen LogP) is 4.02. The zero-order chi connectivity index (χ0) is 28.1. The standard InChI is InChI=1S/C32H36N2O5/c1-17-8-7-10-23-30(38)20(4)19(3)28-25(15-21-16-33-24-11-6-5-9-22(21)24)34-31(39)32(23,28)27(36)13-12-26(35)29(37)18(2)14-17/h5-7,9-11,14,16-17,19,23,25,28,30,33,38H,4,8,12-13,15H2,1-3H3,(H,34,39)/b10-7+,18-14+/t17-,19+,23-,25-,28-,30+,32+/m0/s1. The number of rotatable bonds is 2. The number of fused-ring (bicyclic) bond motifs is 1. The van der Waals surface area contributed by atoms with Gasteiger partial charge in [0, 0.05) is 47.8 Å². The zero-order valence-electron chi connectivity index (χ0n) is 22.7. The minimum Gasteiger partial charge on any atom is -0.388 e. The van der Waals surface area contributed by atoms with Gasteiger partial charge in [0.2, 0.25) is 17.5 Å². The van der Waals surface area contributed by atoms with Gasteiger partial charge in [0.15, 0.2) is 0 Å². The number of amides is 1. The lowest BCUT2D eigenvalue weighted by Gasteiger charge is -2.49. The molecule has 204 valence electrons. The lowest BCUT2D eigenvalue weighted by Crippen LogP contribution is -2.58. The Hall–Kier alpha value is -3.58. The van der Waals surface area contributed by atoms with Crippen molar-refractivity contribution in [2.45, 2.75) is 58.6 Å². The van der Waals surface area contributed by atoms with Crippen molar-refractivity contribution in [3.8, 4) is 0 Å². The quantitative estimate of drug-likeness (QED) is 0.309. The Kier molecular flexibility index (Phi) is 7.06. The first-order valence-electron chi connectivity index (χ1n) is 13.8. The lowest BCUT2D eigenvalue weighted by atomic mass is 9.51. The highest BCUT2D eigenvalue weighted by molar-refractivity contribution is 6.43. The third-order valence-electron chi connectivity index (χ3n) is 9.17. The van der Waals surface area contributed by atoms with Crippen molar-refractivity contribution in [2.24, 2.45) is 29.1 Å². The van der Waals surface area contributed by atoms with Crippen molar-refractivity contribution >= 4 is 34.2 Å². The molecule has 1 aromatic carbocycles. The van der Waals surface area contributed by atoms with E-state index in [1.54, 1.807) is 19.1 Å². The van der Waals surface area contributed by atoms with E-state index in [4.69, 9.17) is 0 Å². The highest BCUT2D eigenvalue weighted by Gasteiger charge is 2.68. The van der Waals surface area contributed by atoms with Crippen LogP contribution in [0, 0.1) is 29.1 Å². The van der Waals surface area contributed by atoms with Gasteiger partial charge in [-0.25, -0.2) is 0 Å². The highest BCUT2D eigenvalue weighted by Crippen LogP contribution is 2.57. The number of aliphatic hydroxyl groups is 1. The number of nitrogens with one attached hydrogen (secondary N) is 2. The van der Waals surface area contributed by atoms with E-state index in [1.165, 1.54) is 0 Å². The topological polar surface area (TPSA) is 116 Å². The van der Waals surface area contributed by atoms with Crippen LogP contribution < -0.4 is 5.32 Å². The molecule has 1 amide bonds. The first-order chi connectivity index (χ1) is 18.6. The van der Waals surface area contributed by atoms with Gasteiger partial charge in [-0.1, -0.05) is 56.9 Å². The van der Waals surface area contributed by atoms with E-state index in [-0.39, 0.29) is 30.7 Å². The average Bonchev–Trinajstić information content (AvgIpc) is 3.45. The number of benzene rings is 1. The fraction of sp³-hybridized carbons (Fsp3) is 0.438. The second-order valence-electron chi connectivity index (χ2n) is 11.5. The lowest BCUT2D eigenvalue weighted by molar-refractivity contribution is -0.152. The van der Waals surface area contributed by atoms with E-state index in [0.717, 1.165) is 16.5 Å². The summed E-state index contributed by atoms with van der Waals surface area (Å²) in [4.78, 5) is 57.0. The van der Waals surface area contributed by atoms with Crippen LogP contribution in [0.15, 0.2) is 66.4 Å². The maximum absolute atomic E-state index is 14.2. The van der Waals surface area contributed by atoms with Gasteiger partial charge in [-0.15, -0.1) is 0 Å². The Balaban J connectivity index is 1.60. The zero-order valence-corrected chi connectivity index (χ0v) is 22.7. The number of hydrogen-bond acceptors (Lipinski definition) is 5. The average molecular weight is 529 g/mol. The summed E-state index contributed by atoms with van der Waals surface area (Å²) < 4.78 is 0. The van der Waals surface area contributed by atoms with Crippen molar-refractivity contribution in [1.82, 2.24) is 10.3 Å². The molecule has 0 unspecified atom stereocenters. The summed E-state index contributed by atoms with van der Waals surface area (Å²) in [6, 6.07) is 7.55. The van der Waals surface area contributed by atoms with Crippen LogP contribution in [0.2, 0.25) is 0 Å². The minimum atomic E-state index is -1.57. The van der Waals surface area contributed by atoms with E-state index < -0.39 is 46.6 Å². The predicted molar refractivity (Wildman–Crippen MR) is 149 cm³/mol. The fourth-order valence-electron chi connectivity index (χ4n) is 7.19. The molecule has 7 nitrogen and oxygen atoms in total. The summed E-state index contributed by atoms with van der Waals surface area (Å²) in [5.74, 6) is -3.75. The normalized spacial score (nSPS) is 36.2. The van der Waals surface area contributed by atoms with Crippen LogP contribution in [0.5, 0.6) is 0 Å². The van der Waals surface area contributed by atoms with E-state index in [0.29, 0.717) is 24.0 Å². The largest absolute Gasteiger partial charge is 0.388 e. The van der Waals surface area contributed by atoms with Gasteiger partial charge in [0.25, 0.3) is 0 Å². The number of carbonyl (C=O) groups excluding carboxylic acids is 4. The molecule has 7 atom stereocenters. The van der Waals surface area contributed by atoms with Gasteiger partial charge in [-0.05, 0) is 54.4 Å². The molecular formula is C32H36N2O5. The molecule has 1 aromatic heterocycles. The number of H-pyrrole nitrogens is 1. The van der Waals surface area contributed by atoms with Gasteiger partial charge in [0.05, 0.1) is 6.10 Å². The van der Waals surface area contributed by atoms with Crippen molar-refractivity contribution in [1.29, 1.82) is 0 Å². The number of aromatic nitrogens is 1. The van der Waals surface area contributed by atoms with Gasteiger partial charge >= 0.3 is 0 Å². The van der Waals surface area contributed by atoms with Crippen LogP contribution in [0.3, 0.4) is 0 Å². The smallest absolute Gasteiger partial charge is 0.235 e. The van der Waals surface area contributed by atoms with E-state index >= 15 is 0 Å². The molecular weight excluding hydrogens is 492 g/mol. The molecule has 1 saturated heterocycles. The van der Waals surface area contributed by atoms with Crippen LogP contribution >= 0.6 is 0 Å². The summed E-state index contributed by atoms with van der Waals surface area (Å²) in [7, 11) is 0.